The molecule has 1 aliphatic heterocycles. The Bertz CT molecular complexity index is 971. The quantitative estimate of drug-likeness (QED) is 0.783. The zero-order valence-corrected chi connectivity index (χ0v) is 13.3. The molecule has 0 fully saturated rings. The molecule has 8 heteroatoms. The molecular weight excluding hydrogens is 324 g/mol. The normalized spacial score (nSPS) is 13.1. The fourth-order valence-electron chi connectivity index (χ4n) is 2.99. The van der Waals surface area contributed by atoms with E-state index in [1.165, 1.54) is 6.26 Å². The summed E-state index contributed by atoms with van der Waals surface area (Å²) < 4.78 is 6.93. The maximum absolute atomic E-state index is 12.7. The van der Waals surface area contributed by atoms with Gasteiger partial charge in [0.2, 0.25) is 0 Å². The highest BCUT2D eigenvalue weighted by molar-refractivity contribution is 5.96. The third-order valence-electron chi connectivity index (χ3n) is 4.32. The zero-order chi connectivity index (χ0) is 17.6. The molecule has 1 amide bonds. The molecule has 0 spiro atoms. The minimum Gasteiger partial charge on any atom is -0.478 e. The third kappa shape index (κ3) is 2.47. The summed E-state index contributed by atoms with van der Waals surface area (Å²) in [5.41, 5.74) is 2.97. The Morgan fingerprint density at radius 3 is 2.60 bits per heavy atom. The molecule has 0 bridgehead atoms. The first kappa shape index (κ1) is 15.1. The molecular formula is C17H14N4O4. The summed E-state index contributed by atoms with van der Waals surface area (Å²) in [6.45, 7) is 0.508. The van der Waals surface area contributed by atoms with Gasteiger partial charge in [0.25, 0.3) is 5.91 Å². The number of furan rings is 1. The van der Waals surface area contributed by atoms with Crippen LogP contribution in [0.2, 0.25) is 0 Å². The summed E-state index contributed by atoms with van der Waals surface area (Å²) in [7, 11) is 1.80. The van der Waals surface area contributed by atoms with E-state index in [0.29, 0.717) is 16.9 Å². The Labute approximate surface area is 142 Å². The summed E-state index contributed by atoms with van der Waals surface area (Å²) in [6.07, 6.45) is 2.88. The summed E-state index contributed by atoms with van der Waals surface area (Å²) in [5.74, 6) is -0.686. The molecule has 0 saturated carbocycles. The van der Waals surface area contributed by atoms with Gasteiger partial charge in [0.1, 0.15) is 17.6 Å². The number of hydrogen-bond donors (Lipinski definition) is 1. The average molecular weight is 338 g/mol. The van der Waals surface area contributed by atoms with Crippen molar-refractivity contribution >= 4 is 11.9 Å². The molecule has 3 aromatic rings. The second-order valence-electron chi connectivity index (χ2n) is 5.84. The molecule has 0 unspecified atom stereocenters. The Morgan fingerprint density at radius 1 is 1.20 bits per heavy atom. The molecule has 0 saturated heterocycles. The van der Waals surface area contributed by atoms with E-state index in [0.717, 1.165) is 11.3 Å². The Morgan fingerprint density at radius 2 is 1.96 bits per heavy atom. The Kier molecular flexibility index (Phi) is 3.38. The number of amides is 1. The lowest BCUT2D eigenvalue weighted by Crippen LogP contribution is -2.25. The highest BCUT2D eigenvalue weighted by Gasteiger charge is 2.31. The van der Waals surface area contributed by atoms with Gasteiger partial charge < -0.3 is 14.4 Å². The Hall–Kier alpha value is -3.42. The minimum absolute atomic E-state index is 0.115. The number of carboxylic acid groups (broad SMARTS) is 1. The van der Waals surface area contributed by atoms with Crippen molar-refractivity contribution in [3.05, 3.63) is 59.2 Å². The fourth-order valence-corrected chi connectivity index (χ4v) is 2.99. The first-order valence-electron chi connectivity index (χ1n) is 7.61. The van der Waals surface area contributed by atoms with E-state index in [-0.39, 0.29) is 24.6 Å². The van der Waals surface area contributed by atoms with Gasteiger partial charge in [-0.3, -0.25) is 4.79 Å². The Balaban J connectivity index is 1.54. The third-order valence-corrected chi connectivity index (χ3v) is 4.32. The number of carbonyl (C=O) groups excluding carboxylic acids is 1. The maximum Gasteiger partial charge on any atom is 0.339 e. The van der Waals surface area contributed by atoms with Crippen LogP contribution in [-0.4, -0.2) is 36.9 Å². The number of aryl methyl sites for hydroxylation is 1. The van der Waals surface area contributed by atoms with Gasteiger partial charge in [-0.1, -0.05) is 17.3 Å². The largest absolute Gasteiger partial charge is 0.478 e. The summed E-state index contributed by atoms with van der Waals surface area (Å²) in [5, 5.41) is 16.9. The van der Waals surface area contributed by atoms with Crippen molar-refractivity contribution < 1.29 is 19.1 Å². The van der Waals surface area contributed by atoms with Gasteiger partial charge in [-0.15, -0.1) is 5.10 Å². The van der Waals surface area contributed by atoms with E-state index >= 15 is 0 Å². The van der Waals surface area contributed by atoms with E-state index in [2.05, 4.69) is 10.3 Å². The van der Waals surface area contributed by atoms with Crippen LogP contribution in [0.25, 0.3) is 11.3 Å². The molecule has 0 radical (unpaired) electrons. The average Bonchev–Trinajstić information content (AvgIpc) is 3.29. The smallest absolute Gasteiger partial charge is 0.339 e. The molecule has 4 rings (SSSR count). The number of benzene rings is 1. The van der Waals surface area contributed by atoms with Crippen LogP contribution in [0.15, 0.2) is 41.1 Å². The van der Waals surface area contributed by atoms with Crippen molar-refractivity contribution in [3.63, 3.8) is 0 Å². The molecule has 1 N–H and O–H groups in total. The van der Waals surface area contributed by atoms with Gasteiger partial charge in [-0.05, 0) is 12.1 Å². The molecule has 0 aliphatic carbocycles. The molecule has 1 aliphatic rings. The highest BCUT2D eigenvalue weighted by Crippen LogP contribution is 2.29. The van der Waals surface area contributed by atoms with E-state index in [1.807, 2.05) is 12.1 Å². The summed E-state index contributed by atoms with van der Waals surface area (Å²) >= 11 is 0. The number of rotatable bonds is 3. The van der Waals surface area contributed by atoms with E-state index in [9.17, 15) is 9.59 Å². The standard InChI is InChI=1S/C17H14N4O4/c1-20-14(6-18-19-20)10-2-4-11(5-3-10)16(22)21-7-12-13(17(23)24)9-25-15(12)8-21/h2-6,9H,7-8H2,1H3,(H,23,24). The topological polar surface area (TPSA) is 101 Å². The molecule has 2 aromatic heterocycles. The van der Waals surface area contributed by atoms with Crippen molar-refractivity contribution in [2.75, 3.05) is 0 Å². The predicted molar refractivity (Wildman–Crippen MR) is 85.7 cm³/mol. The lowest BCUT2D eigenvalue weighted by Gasteiger charge is -2.15. The molecule has 1 aromatic carbocycles. The number of aromatic nitrogens is 3. The van der Waals surface area contributed by atoms with Crippen LogP contribution in [0.1, 0.15) is 32.0 Å². The van der Waals surface area contributed by atoms with Crippen LogP contribution in [0, 0.1) is 0 Å². The van der Waals surface area contributed by atoms with E-state index in [4.69, 9.17) is 9.52 Å². The summed E-state index contributed by atoms with van der Waals surface area (Å²) in [6, 6.07) is 7.15. The zero-order valence-electron chi connectivity index (χ0n) is 13.3. The van der Waals surface area contributed by atoms with Crippen LogP contribution in [0.3, 0.4) is 0 Å². The number of aromatic carboxylic acids is 1. The monoisotopic (exact) mass is 338 g/mol. The van der Waals surface area contributed by atoms with Gasteiger partial charge in [0.05, 0.1) is 25.0 Å². The second-order valence-corrected chi connectivity index (χ2v) is 5.84. The molecule has 25 heavy (non-hydrogen) atoms. The molecule has 126 valence electrons. The van der Waals surface area contributed by atoms with Crippen molar-refractivity contribution in [3.8, 4) is 11.3 Å². The first-order chi connectivity index (χ1) is 12.0. The van der Waals surface area contributed by atoms with Crippen LogP contribution in [-0.2, 0) is 20.1 Å². The van der Waals surface area contributed by atoms with Crippen LogP contribution < -0.4 is 0 Å². The van der Waals surface area contributed by atoms with Crippen LogP contribution >= 0.6 is 0 Å². The van der Waals surface area contributed by atoms with Gasteiger partial charge >= 0.3 is 5.97 Å². The fraction of sp³-hybridized carbons (Fsp3) is 0.176. The number of carboxylic acids is 1. The van der Waals surface area contributed by atoms with Crippen LogP contribution in [0.4, 0.5) is 0 Å². The van der Waals surface area contributed by atoms with Crippen molar-refractivity contribution in [1.29, 1.82) is 0 Å². The van der Waals surface area contributed by atoms with Gasteiger partial charge in [-0.25, -0.2) is 9.48 Å². The number of fused-ring (bicyclic) bond motifs is 1. The first-order valence-corrected chi connectivity index (χ1v) is 7.61. The van der Waals surface area contributed by atoms with Crippen LogP contribution in [0.5, 0.6) is 0 Å². The maximum atomic E-state index is 12.7. The van der Waals surface area contributed by atoms with Crippen molar-refractivity contribution in [2.45, 2.75) is 13.1 Å². The summed E-state index contributed by atoms with van der Waals surface area (Å²) in [4.78, 5) is 25.4. The van der Waals surface area contributed by atoms with Gasteiger partial charge in [0.15, 0.2) is 0 Å². The van der Waals surface area contributed by atoms with E-state index in [1.54, 1.807) is 35.0 Å². The molecule has 8 nitrogen and oxygen atoms in total. The SMILES string of the molecule is Cn1nncc1-c1ccc(C(=O)N2Cc3occ(C(=O)O)c3C2)cc1. The highest BCUT2D eigenvalue weighted by atomic mass is 16.4. The van der Waals surface area contributed by atoms with Crippen molar-refractivity contribution in [2.24, 2.45) is 7.05 Å². The number of carbonyl (C=O) groups is 2. The molecule has 3 heterocycles. The molecule has 0 atom stereocenters. The number of nitrogens with zero attached hydrogens (tertiary/aromatic N) is 4. The second kappa shape index (κ2) is 5.59. The van der Waals surface area contributed by atoms with Gasteiger partial charge in [-0.2, -0.15) is 0 Å². The lowest BCUT2D eigenvalue weighted by atomic mass is 10.1. The predicted octanol–water partition coefficient (Wildman–Crippen LogP) is 1.93. The lowest BCUT2D eigenvalue weighted by molar-refractivity contribution is 0.0683. The van der Waals surface area contributed by atoms with Crippen molar-refractivity contribution in [1.82, 2.24) is 19.9 Å². The minimum atomic E-state index is -1.05. The van der Waals surface area contributed by atoms with Gasteiger partial charge in [0, 0.05) is 23.7 Å². The van der Waals surface area contributed by atoms with E-state index < -0.39 is 5.97 Å². The number of hydrogen-bond acceptors (Lipinski definition) is 5.